The van der Waals surface area contributed by atoms with Gasteiger partial charge in [-0.2, -0.15) is 8.42 Å². The minimum absolute atomic E-state index is 0.152. The van der Waals surface area contributed by atoms with Crippen LogP contribution in [0.4, 0.5) is 0 Å². The van der Waals surface area contributed by atoms with E-state index in [0.717, 1.165) is 27.4 Å². The Bertz CT molecular complexity index is 756. The van der Waals surface area contributed by atoms with Gasteiger partial charge in [-0.25, -0.2) is 0 Å². The van der Waals surface area contributed by atoms with Crippen molar-refractivity contribution in [2.24, 2.45) is 0 Å². The van der Waals surface area contributed by atoms with Crippen LogP contribution in [0.15, 0.2) is 33.6 Å². The number of carbonyl (C=O) groups is 1. The van der Waals surface area contributed by atoms with E-state index < -0.39 is 15.9 Å². The molecule has 0 radical (unpaired) electrons. The average Bonchev–Trinajstić information content (AvgIpc) is 2.71. The monoisotopic (exact) mass is 421 g/mol. The Morgan fingerprint density at radius 1 is 1.36 bits per heavy atom. The van der Waals surface area contributed by atoms with Crippen molar-refractivity contribution in [3.63, 3.8) is 0 Å². The molecule has 1 aliphatic heterocycles. The predicted molar refractivity (Wildman–Crippen MR) is 95.1 cm³/mol. The fourth-order valence-electron chi connectivity index (χ4n) is 1.86. The Kier molecular flexibility index (Phi) is 5.44. The first-order valence-electron chi connectivity index (χ1n) is 6.14. The lowest BCUT2D eigenvalue weighted by Gasteiger charge is -2.13. The van der Waals surface area contributed by atoms with Crippen LogP contribution in [0.3, 0.4) is 0 Å². The highest BCUT2D eigenvalue weighted by atomic mass is 79.9. The number of benzene rings is 1. The summed E-state index contributed by atoms with van der Waals surface area (Å²) < 4.78 is 31.7. The van der Waals surface area contributed by atoms with Gasteiger partial charge >= 0.3 is 0 Å². The molecule has 22 heavy (non-hydrogen) atoms. The van der Waals surface area contributed by atoms with Gasteiger partial charge in [0.15, 0.2) is 0 Å². The Morgan fingerprint density at radius 3 is 2.50 bits per heavy atom. The summed E-state index contributed by atoms with van der Waals surface area (Å²) in [6.45, 7) is 1.67. The SMILES string of the molecule is CC(=C1SC(=S)N(CCS(=O)(=O)O)C1=O)c1ccc(Br)cc1. The highest BCUT2D eigenvalue weighted by molar-refractivity contribution is 9.10. The van der Waals surface area contributed by atoms with Crippen molar-refractivity contribution in [3.05, 3.63) is 39.2 Å². The van der Waals surface area contributed by atoms with E-state index in [9.17, 15) is 13.2 Å². The van der Waals surface area contributed by atoms with Crippen molar-refractivity contribution in [2.45, 2.75) is 6.92 Å². The average molecular weight is 422 g/mol. The number of thiocarbonyl (C=S) groups is 1. The number of halogens is 1. The van der Waals surface area contributed by atoms with E-state index in [-0.39, 0.29) is 12.5 Å². The third kappa shape index (κ3) is 4.17. The van der Waals surface area contributed by atoms with Gasteiger partial charge in [-0.15, -0.1) is 0 Å². The third-order valence-corrected chi connectivity index (χ3v) is 5.82. The van der Waals surface area contributed by atoms with E-state index >= 15 is 0 Å². The smallest absolute Gasteiger partial charge is 0.266 e. The molecule has 1 fully saturated rings. The molecule has 0 spiro atoms. The number of rotatable bonds is 4. The first kappa shape index (κ1) is 17.6. The number of carbonyl (C=O) groups excluding carboxylic acids is 1. The molecule has 2 rings (SSSR count). The molecule has 0 atom stereocenters. The van der Waals surface area contributed by atoms with Crippen LogP contribution in [0.1, 0.15) is 12.5 Å². The molecule has 9 heteroatoms. The van der Waals surface area contributed by atoms with Crippen molar-refractivity contribution < 1.29 is 17.8 Å². The Morgan fingerprint density at radius 2 is 1.95 bits per heavy atom. The van der Waals surface area contributed by atoms with E-state index in [1.165, 1.54) is 4.90 Å². The van der Waals surface area contributed by atoms with Crippen molar-refractivity contribution >= 4 is 65.8 Å². The summed E-state index contributed by atoms with van der Waals surface area (Å²) in [6.07, 6.45) is 0. The minimum Gasteiger partial charge on any atom is -0.292 e. The van der Waals surface area contributed by atoms with Gasteiger partial charge in [0, 0.05) is 11.0 Å². The Hall–Kier alpha value is -0.740. The number of nitrogens with zero attached hydrogens (tertiary/aromatic N) is 1. The summed E-state index contributed by atoms with van der Waals surface area (Å²) in [5.74, 6) is -0.872. The highest BCUT2D eigenvalue weighted by Gasteiger charge is 2.34. The van der Waals surface area contributed by atoms with Crippen LogP contribution in [0.5, 0.6) is 0 Å². The second kappa shape index (κ2) is 6.79. The van der Waals surface area contributed by atoms with Crippen molar-refractivity contribution in [1.29, 1.82) is 0 Å². The van der Waals surface area contributed by atoms with Gasteiger partial charge in [0.05, 0.1) is 10.7 Å². The molecule has 0 aliphatic carbocycles. The van der Waals surface area contributed by atoms with Crippen LogP contribution in [0.25, 0.3) is 5.57 Å². The first-order valence-corrected chi connectivity index (χ1v) is 9.77. The van der Waals surface area contributed by atoms with Crippen LogP contribution >= 0.6 is 39.9 Å². The molecule has 1 aromatic rings. The second-order valence-electron chi connectivity index (χ2n) is 4.57. The summed E-state index contributed by atoms with van der Waals surface area (Å²) in [4.78, 5) is 14.1. The Labute approximate surface area is 146 Å². The maximum atomic E-state index is 12.4. The van der Waals surface area contributed by atoms with Crippen molar-refractivity contribution in [3.8, 4) is 0 Å². The number of hydrogen-bond acceptors (Lipinski definition) is 5. The predicted octanol–water partition coefficient (Wildman–Crippen LogP) is 2.93. The molecule has 118 valence electrons. The lowest BCUT2D eigenvalue weighted by Crippen LogP contribution is -2.32. The quantitative estimate of drug-likeness (QED) is 0.457. The van der Waals surface area contributed by atoms with Gasteiger partial charge in [0.1, 0.15) is 4.32 Å². The van der Waals surface area contributed by atoms with Crippen LogP contribution in [-0.2, 0) is 14.9 Å². The van der Waals surface area contributed by atoms with E-state index in [1.807, 2.05) is 31.2 Å². The van der Waals surface area contributed by atoms with Gasteiger partial charge in [-0.05, 0) is 30.2 Å². The zero-order valence-electron chi connectivity index (χ0n) is 11.4. The topological polar surface area (TPSA) is 74.7 Å². The zero-order valence-corrected chi connectivity index (χ0v) is 15.5. The summed E-state index contributed by atoms with van der Waals surface area (Å²) in [7, 11) is -4.14. The van der Waals surface area contributed by atoms with E-state index in [4.69, 9.17) is 16.8 Å². The summed E-state index contributed by atoms with van der Waals surface area (Å²) in [5, 5.41) is 0. The minimum atomic E-state index is -4.14. The maximum absolute atomic E-state index is 12.4. The maximum Gasteiger partial charge on any atom is 0.266 e. The molecule has 1 saturated heterocycles. The fraction of sp³-hybridized carbons (Fsp3) is 0.231. The molecule has 0 bridgehead atoms. The zero-order chi connectivity index (χ0) is 16.5. The van der Waals surface area contributed by atoms with Gasteiger partial charge in [0.25, 0.3) is 16.0 Å². The first-order chi connectivity index (χ1) is 10.2. The molecule has 0 aromatic heterocycles. The lowest BCUT2D eigenvalue weighted by molar-refractivity contribution is -0.121. The molecule has 5 nitrogen and oxygen atoms in total. The van der Waals surface area contributed by atoms with E-state index in [2.05, 4.69) is 15.9 Å². The molecule has 0 saturated carbocycles. The van der Waals surface area contributed by atoms with Crippen molar-refractivity contribution in [2.75, 3.05) is 12.3 Å². The van der Waals surface area contributed by atoms with E-state index in [1.54, 1.807) is 0 Å². The number of thioether (sulfide) groups is 1. The Balaban J connectivity index is 2.26. The molecule has 1 aliphatic rings. The van der Waals surface area contributed by atoms with Crippen LogP contribution < -0.4 is 0 Å². The lowest BCUT2D eigenvalue weighted by atomic mass is 10.1. The van der Waals surface area contributed by atoms with Gasteiger partial charge in [0.2, 0.25) is 0 Å². The van der Waals surface area contributed by atoms with Crippen LogP contribution in [0.2, 0.25) is 0 Å². The van der Waals surface area contributed by atoms with Gasteiger partial charge in [-0.3, -0.25) is 14.2 Å². The third-order valence-electron chi connectivity index (χ3n) is 3.04. The fourth-order valence-corrected chi connectivity index (χ4v) is 3.89. The molecule has 1 aromatic carbocycles. The molecule has 1 heterocycles. The van der Waals surface area contributed by atoms with Crippen LogP contribution in [-0.4, -0.2) is 40.4 Å². The molecule has 1 amide bonds. The highest BCUT2D eigenvalue weighted by Crippen LogP contribution is 2.36. The molecular formula is C13H12BrNO4S3. The van der Waals surface area contributed by atoms with Crippen LogP contribution in [0, 0.1) is 0 Å². The summed E-state index contributed by atoms with van der Waals surface area (Å²) >= 11 is 9.61. The summed E-state index contributed by atoms with van der Waals surface area (Å²) in [5.41, 5.74) is 1.66. The number of amides is 1. The normalized spacial score (nSPS) is 18.0. The molecular weight excluding hydrogens is 410 g/mol. The van der Waals surface area contributed by atoms with Gasteiger partial charge < -0.3 is 0 Å². The second-order valence-corrected chi connectivity index (χ2v) is 8.70. The van der Waals surface area contributed by atoms with Gasteiger partial charge in [-0.1, -0.05) is 52.0 Å². The number of allylic oxidation sites excluding steroid dienone is 1. The molecule has 0 unspecified atom stereocenters. The largest absolute Gasteiger partial charge is 0.292 e. The molecule has 1 N–H and O–H groups in total. The van der Waals surface area contributed by atoms with Crippen molar-refractivity contribution in [1.82, 2.24) is 4.90 Å². The number of hydrogen-bond donors (Lipinski definition) is 1. The van der Waals surface area contributed by atoms with E-state index in [0.29, 0.717) is 9.23 Å². The summed E-state index contributed by atoms with van der Waals surface area (Å²) in [6, 6.07) is 7.50. The standard InChI is InChI=1S/C13H12BrNO4S3/c1-8(9-2-4-10(14)5-3-9)11-12(16)15(13(20)21-11)6-7-22(17,18)19/h2-5H,6-7H2,1H3,(H,17,18,19).